The molecule has 0 heterocycles. The summed E-state index contributed by atoms with van der Waals surface area (Å²) in [7, 11) is 0. The lowest BCUT2D eigenvalue weighted by Gasteiger charge is -2.12. The van der Waals surface area contributed by atoms with E-state index in [1.807, 2.05) is 0 Å². The van der Waals surface area contributed by atoms with Crippen molar-refractivity contribution >= 4 is 23.6 Å². The zero-order valence-corrected chi connectivity index (χ0v) is 12.7. The first-order chi connectivity index (χ1) is 11.4. The van der Waals surface area contributed by atoms with Crippen LogP contribution in [0.1, 0.15) is 29.6 Å². The number of ether oxygens (including phenoxy) is 1. The second kappa shape index (κ2) is 9.26. The van der Waals surface area contributed by atoms with Crippen LogP contribution >= 0.6 is 0 Å². The summed E-state index contributed by atoms with van der Waals surface area (Å²) in [4.78, 5) is 36.9. The van der Waals surface area contributed by atoms with Crippen LogP contribution < -0.4 is 11.5 Å². The topological polar surface area (TPSA) is 181 Å². The van der Waals surface area contributed by atoms with Crippen molar-refractivity contribution in [1.82, 2.24) is 0 Å². The Labute approximate surface area is 137 Å². The molecular weight excluding hydrogens is 318 g/mol. The van der Waals surface area contributed by atoms with Gasteiger partial charge in [-0.1, -0.05) is 23.3 Å². The lowest BCUT2D eigenvalue weighted by atomic mass is 10.1. The number of carboxylic acids is 1. The summed E-state index contributed by atoms with van der Waals surface area (Å²) in [6.45, 7) is 0. The molecule has 0 radical (unpaired) electrons. The molecule has 0 amide bonds. The SMILES string of the molecule is [N-]=[N+]=Nc1ccccc1C(=O)OC(=O)C(N)CCC[C@H](N)C(=O)O. The van der Waals surface area contributed by atoms with E-state index in [9.17, 15) is 14.4 Å². The third-order valence-electron chi connectivity index (χ3n) is 3.12. The van der Waals surface area contributed by atoms with Crippen LogP contribution in [0.5, 0.6) is 0 Å². The van der Waals surface area contributed by atoms with Crippen molar-refractivity contribution in [2.75, 3.05) is 0 Å². The number of azide groups is 1. The number of nitrogens with two attached hydrogens (primary N) is 2. The summed E-state index contributed by atoms with van der Waals surface area (Å²) in [6, 6.07) is 3.68. The zero-order chi connectivity index (χ0) is 18.1. The molecule has 128 valence electrons. The van der Waals surface area contributed by atoms with Crippen LogP contribution in [0.25, 0.3) is 10.4 Å². The average molecular weight is 335 g/mol. The molecule has 2 atom stereocenters. The molecule has 0 aromatic heterocycles. The molecule has 0 fully saturated rings. The number of rotatable bonds is 8. The van der Waals surface area contributed by atoms with Gasteiger partial charge in [0.1, 0.15) is 12.1 Å². The molecule has 10 heteroatoms. The smallest absolute Gasteiger partial charge is 0.346 e. The normalized spacial score (nSPS) is 12.6. The van der Waals surface area contributed by atoms with Crippen molar-refractivity contribution in [3.05, 3.63) is 40.3 Å². The van der Waals surface area contributed by atoms with Gasteiger partial charge in [-0.15, -0.1) is 0 Å². The molecule has 10 nitrogen and oxygen atoms in total. The minimum atomic E-state index is -1.14. The van der Waals surface area contributed by atoms with Gasteiger partial charge in [0.15, 0.2) is 0 Å². The van der Waals surface area contributed by atoms with E-state index < -0.39 is 30.0 Å². The van der Waals surface area contributed by atoms with Gasteiger partial charge in [0.05, 0.1) is 11.3 Å². The number of esters is 2. The molecule has 1 unspecified atom stereocenters. The molecule has 0 saturated carbocycles. The third kappa shape index (κ3) is 5.69. The molecule has 0 aliphatic heterocycles. The van der Waals surface area contributed by atoms with E-state index in [-0.39, 0.29) is 30.5 Å². The highest BCUT2D eigenvalue weighted by Crippen LogP contribution is 2.20. The molecule has 24 heavy (non-hydrogen) atoms. The number of hydrogen-bond acceptors (Lipinski definition) is 7. The summed E-state index contributed by atoms with van der Waals surface area (Å²) in [5.74, 6) is -3.09. The maximum atomic E-state index is 11.9. The van der Waals surface area contributed by atoms with E-state index >= 15 is 0 Å². The van der Waals surface area contributed by atoms with E-state index in [1.54, 1.807) is 6.07 Å². The van der Waals surface area contributed by atoms with Crippen molar-refractivity contribution in [1.29, 1.82) is 0 Å². The van der Waals surface area contributed by atoms with Crippen molar-refractivity contribution < 1.29 is 24.2 Å². The fourth-order valence-corrected chi connectivity index (χ4v) is 1.80. The predicted octanol–water partition coefficient (Wildman–Crippen LogP) is 1.22. The largest absolute Gasteiger partial charge is 0.480 e. The first-order valence-corrected chi connectivity index (χ1v) is 7.01. The molecule has 5 N–H and O–H groups in total. The maximum Gasteiger partial charge on any atom is 0.346 e. The molecule has 0 bridgehead atoms. The fourth-order valence-electron chi connectivity index (χ4n) is 1.80. The van der Waals surface area contributed by atoms with Crippen LogP contribution in [0.4, 0.5) is 5.69 Å². The standard InChI is InChI=1S/C14H17N5O5/c15-9(12(20)21)5-3-6-10(16)14(23)24-13(22)8-4-1-2-7-11(8)18-19-17/h1-2,4,7,9-10H,3,5-6,15-16H2,(H,20,21)/t9-,10?/m0/s1. The Hall–Kier alpha value is -2.94. The maximum absolute atomic E-state index is 11.9. The lowest BCUT2D eigenvalue weighted by Crippen LogP contribution is -2.35. The highest BCUT2D eigenvalue weighted by Gasteiger charge is 2.22. The highest BCUT2D eigenvalue weighted by molar-refractivity contribution is 6.01. The predicted molar refractivity (Wildman–Crippen MR) is 83.1 cm³/mol. The number of hydrogen-bond donors (Lipinski definition) is 3. The van der Waals surface area contributed by atoms with E-state index in [1.165, 1.54) is 18.2 Å². The number of carboxylic acid groups (broad SMARTS) is 1. The quantitative estimate of drug-likeness (QED) is 0.210. The molecule has 1 aromatic carbocycles. The van der Waals surface area contributed by atoms with E-state index in [2.05, 4.69) is 14.8 Å². The molecule has 0 saturated heterocycles. The van der Waals surface area contributed by atoms with Gasteiger partial charge in [0, 0.05) is 4.91 Å². The third-order valence-corrected chi connectivity index (χ3v) is 3.12. The van der Waals surface area contributed by atoms with Crippen molar-refractivity contribution in [2.45, 2.75) is 31.3 Å². The van der Waals surface area contributed by atoms with Crippen molar-refractivity contribution in [3.8, 4) is 0 Å². The fraction of sp³-hybridized carbons (Fsp3) is 0.357. The Balaban J connectivity index is 2.59. The number of carbonyl (C=O) groups excluding carboxylic acids is 2. The van der Waals surface area contributed by atoms with Gasteiger partial charge in [-0.2, -0.15) is 0 Å². The first kappa shape index (κ1) is 19.1. The Kier molecular flexibility index (Phi) is 7.37. The minimum absolute atomic E-state index is 0.0267. The second-order valence-electron chi connectivity index (χ2n) is 4.90. The molecule has 1 aromatic rings. The van der Waals surface area contributed by atoms with Crippen LogP contribution in [0.15, 0.2) is 29.4 Å². The molecule has 1 rings (SSSR count). The van der Waals surface area contributed by atoms with Crippen molar-refractivity contribution in [3.63, 3.8) is 0 Å². The van der Waals surface area contributed by atoms with Gasteiger partial charge < -0.3 is 21.3 Å². The first-order valence-electron chi connectivity index (χ1n) is 7.01. The van der Waals surface area contributed by atoms with Gasteiger partial charge >= 0.3 is 17.9 Å². The van der Waals surface area contributed by atoms with Crippen LogP contribution in [-0.2, 0) is 14.3 Å². The summed E-state index contributed by atoms with van der Waals surface area (Å²) in [6.07, 6.45) is 0.544. The lowest BCUT2D eigenvalue weighted by molar-refractivity contribution is -0.139. The Morgan fingerprint density at radius 3 is 2.46 bits per heavy atom. The second-order valence-corrected chi connectivity index (χ2v) is 4.90. The summed E-state index contributed by atoms with van der Waals surface area (Å²) >= 11 is 0. The van der Waals surface area contributed by atoms with Gasteiger partial charge in [-0.3, -0.25) is 4.79 Å². The molecule has 0 aliphatic carbocycles. The van der Waals surface area contributed by atoms with E-state index in [0.717, 1.165) is 0 Å². The molecule has 0 aliphatic rings. The van der Waals surface area contributed by atoms with Crippen LogP contribution in [0.2, 0.25) is 0 Å². The van der Waals surface area contributed by atoms with Crippen molar-refractivity contribution in [2.24, 2.45) is 16.6 Å². The Morgan fingerprint density at radius 2 is 1.83 bits per heavy atom. The zero-order valence-electron chi connectivity index (χ0n) is 12.7. The number of nitrogens with zero attached hydrogens (tertiary/aromatic N) is 3. The number of aliphatic carboxylic acids is 1. The molecular formula is C14H17N5O5. The minimum Gasteiger partial charge on any atom is -0.480 e. The molecule has 0 spiro atoms. The average Bonchev–Trinajstić information content (AvgIpc) is 2.55. The van der Waals surface area contributed by atoms with Crippen LogP contribution in [0, 0.1) is 0 Å². The van der Waals surface area contributed by atoms with E-state index in [0.29, 0.717) is 0 Å². The van der Waals surface area contributed by atoms with E-state index in [4.69, 9.17) is 22.1 Å². The monoisotopic (exact) mass is 335 g/mol. The summed E-state index contributed by atoms with van der Waals surface area (Å²) in [5, 5.41) is 12.0. The van der Waals surface area contributed by atoms with Crippen LogP contribution in [0.3, 0.4) is 0 Å². The van der Waals surface area contributed by atoms with Gasteiger partial charge in [-0.05, 0) is 30.9 Å². The Morgan fingerprint density at radius 1 is 1.21 bits per heavy atom. The van der Waals surface area contributed by atoms with Gasteiger partial charge in [-0.25, -0.2) is 9.59 Å². The van der Waals surface area contributed by atoms with Gasteiger partial charge in [0.2, 0.25) is 0 Å². The highest BCUT2D eigenvalue weighted by atomic mass is 16.6. The van der Waals surface area contributed by atoms with Gasteiger partial charge in [0.25, 0.3) is 0 Å². The van der Waals surface area contributed by atoms with Crippen LogP contribution in [-0.4, -0.2) is 35.1 Å². The Bertz CT molecular complexity index is 671. The number of benzene rings is 1. The number of carbonyl (C=O) groups is 3. The summed E-state index contributed by atoms with van der Waals surface area (Å²) < 4.78 is 4.66. The summed E-state index contributed by atoms with van der Waals surface area (Å²) in [5.41, 5.74) is 19.3.